The molecule has 0 aliphatic rings. The summed E-state index contributed by atoms with van der Waals surface area (Å²) in [6, 6.07) is 0. The molecule has 0 fully saturated rings. The fourth-order valence-corrected chi connectivity index (χ4v) is 7.18. The number of ether oxygens (including phenoxy) is 3. The second-order valence-electron chi connectivity index (χ2n) is 17.8. The van der Waals surface area contributed by atoms with Gasteiger partial charge >= 0.3 is 17.9 Å². The number of unbranched alkanes of at least 4 members (excludes halogenated alkanes) is 19. The van der Waals surface area contributed by atoms with E-state index in [0.717, 1.165) is 103 Å². The molecule has 0 rings (SSSR count). The van der Waals surface area contributed by atoms with E-state index in [1.54, 1.807) is 0 Å². The van der Waals surface area contributed by atoms with Crippen LogP contribution in [0.1, 0.15) is 239 Å². The van der Waals surface area contributed by atoms with Crippen molar-refractivity contribution in [2.24, 2.45) is 0 Å². The van der Waals surface area contributed by atoms with Gasteiger partial charge in [0, 0.05) is 19.3 Å². The summed E-state index contributed by atoms with van der Waals surface area (Å²) in [6.07, 6.45) is 73.7. The Hall–Kier alpha value is -3.93. The number of hydrogen-bond acceptors (Lipinski definition) is 6. The number of rotatable bonds is 48. The normalized spacial score (nSPS) is 12.9. The Morgan fingerprint density at radius 1 is 0.313 bits per heavy atom. The van der Waals surface area contributed by atoms with Crippen molar-refractivity contribution in [2.45, 2.75) is 245 Å². The minimum absolute atomic E-state index is 0.111. The third-order valence-corrected chi connectivity index (χ3v) is 11.3. The lowest BCUT2D eigenvalue weighted by atomic mass is 10.0. The number of hydrogen-bond donors (Lipinski definition) is 0. The molecule has 0 unspecified atom stereocenters. The Labute approximate surface area is 412 Å². The zero-order valence-electron chi connectivity index (χ0n) is 43.4. The van der Waals surface area contributed by atoms with Gasteiger partial charge in [-0.15, -0.1) is 0 Å². The standard InChI is InChI=1S/C61H100O6/c1-4-7-10-13-16-19-22-25-27-29-30-32-33-36-39-42-45-48-51-54-60(63)66-57-58(56-65-59(62)53-50-47-44-41-38-35-24-21-18-15-12-9-6-3)67-61(64)55-52-49-46-43-40-37-34-31-28-26-23-20-17-14-11-8-5-2/h8,11,16-17,19-20,25-28,30,32,34,36-37,39,45,48,58H,4-7,9-10,12-15,18,21-24,29,31,33,35,38,40-44,46-47,49-57H2,1-3H3/b11-8-,19-16-,20-17-,27-25-,28-26-,32-30-,37-34-,39-36-,48-45-/t58-/m0/s1. The summed E-state index contributed by atoms with van der Waals surface area (Å²) in [5.74, 6) is -1.02. The van der Waals surface area contributed by atoms with Gasteiger partial charge in [-0.05, 0) is 96.3 Å². The highest BCUT2D eigenvalue weighted by molar-refractivity contribution is 5.71. The quantitative estimate of drug-likeness (QED) is 0.0262. The molecule has 0 heterocycles. The molecule has 0 bridgehead atoms. The number of carbonyl (C=O) groups is 3. The second kappa shape index (κ2) is 54.7. The van der Waals surface area contributed by atoms with Crippen molar-refractivity contribution in [1.29, 1.82) is 0 Å². The fourth-order valence-electron chi connectivity index (χ4n) is 7.18. The van der Waals surface area contributed by atoms with Gasteiger partial charge in [0.2, 0.25) is 0 Å². The average molecular weight is 929 g/mol. The van der Waals surface area contributed by atoms with Crippen LogP contribution in [0, 0.1) is 0 Å². The van der Waals surface area contributed by atoms with Crippen molar-refractivity contribution in [3.8, 4) is 0 Å². The first-order chi connectivity index (χ1) is 33.0. The van der Waals surface area contributed by atoms with Crippen LogP contribution in [0.5, 0.6) is 0 Å². The van der Waals surface area contributed by atoms with Crippen LogP contribution in [0.3, 0.4) is 0 Å². The van der Waals surface area contributed by atoms with Crippen LogP contribution in [0.25, 0.3) is 0 Å². The molecule has 0 aliphatic carbocycles. The molecule has 0 aromatic rings. The average Bonchev–Trinajstić information content (AvgIpc) is 3.33. The Morgan fingerprint density at radius 2 is 0.612 bits per heavy atom. The molecule has 0 aromatic carbocycles. The molecule has 0 saturated carbocycles. The van der Waals surface area contributed by atoms with Crippen LogP contribution in [-0.4, -0.2) is 37.2 Å². The monoisotopic (exact) mass is 929 g/mol. The first kappa shape index (κ1) is 63.1. The molecule has 0 radical (unpaired) electrons. The van der Waals surface area contributed by atoms with Gasteiger partial charge in [-0.3, -0.25) is 14.4 Å². The Morgan fingerprint density at radius 3 is 1.03 bits per heavy atom. The maximum absolute atomic E-state index is 12.8. The molecular formula is C61H100O6. The van der Waals surface area contributed by atoms with Crippen LogP contribution in [0.15, 0.2) is 109 Å². The summed E-state index contributed by atoms with van der Waals surface area (Å²) in [6.45, 7) is 6.41. The van der Waals surface area contributed by atoms with Crippen molar-refractivity contribution >= 4 is 17.9 Å². The maximum atomic E-state index is 12.8. The molecule has 1 atom stereocenters. The number of carbonyl (C=O) groups excluding carboxylic acids is 3. The smallest absolute Gasteiger partial charge is 0.306 e. The highest BCUT2D eigenvalue weighted by Gasteiger charge is 2.19. The Kier molecular flexibility index (Phi) is 51.5. The van der Waals surface area contributed by atoms with Crippen LogP contribution in [0.4, 0.5) is 0 Å². The van der Waals surface area contributed by atoms with E-state index in [9.17, 15) is 14.4 Å². The summed E-state index contributed by atoms with van der Waals surface area (Å²) in [4.78, 5) is 38.0. The molecule has 380 valence electrons. The Bertz CT molecular complexity index is 1390. The van der Waals surface area contributed by atoms with Crippen molar-refractivity contribution in [3.63, 3.8) is 0 Å². The van der Waals surface area contributed by atoms with Crippen molar-refractivity contribution in [3.05, 3.63) is 109 Å². The van der Waals surface area contributed by atoms with Crippen LogP contribution in [-0.2, 0) is 28.6 Å². The molecule has 0 spiro atoms. The van der Waals surface area contributed by atoms with E-state index in [-0.39, 0.29) is 44.0 Å². The lowest BCUT2D eigenvalue weighted by molar-refractivity contribution is -0.166. The zero-order chi connectivity index (χ0) is 48.6. The second-order valence-corrected chi connectivity index (χ2v) is 17.8. The first-order valence-electron chi connectivity index (χ1n) is 27.4. The highest BCUT2D eigenvalue weighted by Crippen LogP contribution is 2.14. The minimum atomic E-state index is -0.821. The van der Waals surface area contributed by atoms with Crippen LogP contribution in [0.2, 0.25) is 0 Å². The van der Waals surface area contributed by atoms with Gasteiger partial charge in [0.15, 0.2) is 6.10 Å². The van der Waals surface area contributed by atoms with Crippen molar-refractivity contribution in [1.82, 2.24) is 0 Å². The minimum Gasteiger partial charge on any atom is -0.462 e. The lowest BCUT2D eigenvalue weighted by Crippen LogP contribution is -2.30. The van der Waals surface area contributed by atoms with E-state index >= 15 is 0 Å². The van der Waals surface area contributed by atoms with Gasteiger partial charge in [-0.2, -0.15) is 0 Å². The molecule has 6 nitrogen and oxygen atoms in total. The van der Waals surface area contributed by atoms with E-state index in [2.05, 4.69) is 124 Å². The van der Waals surface area contributed by atoms with E-state index in [4.69, 9.17) is 14.2 Å². The number of allylic oxidation sites excluding steroid dienone is 18. The van der Waals surface area contributed by atoms with Crippen LogP contribution < -0.4 is 0 Å². The maximum Gasteiger partial charge on any atom is 0.306 e. The van der Waals surface area contributed by atoms with E-state index < -0.39 is 6.10 Å². The van der Waals surface area contributed by atoms with Gasteiger partial charge in [-0.25, -0.2) is 0 Å². The van der Waals surface area contributed by atoms with Crippen molar-refractivity contribution in [2.75, 3.05) is 13.2 Å². The highest BCUT2D eigenvalue weighted by atomic mass is 16.6. The topological polar surface area (TPSA) is 78.9 Å². The molecule has 0 aromatic heterocycles. The summed E-state index contributed by atoms with van der Waals surface area (Å²) >= 11 is 0. The third kappa shape index (κ3) is 52.9. The van der Waals surface area contributed by atoms with Gasteiger partial charge in [-0.1, -0.05) is 233 Å². The summed E-state index contributed by atoms with van der Waals surface area (Å²) in [7, 11) is 0. The predicted octanol–water partition coefficient (Wildman–Crippen LogP) is 18.3. The predicted molar refractivity (Wildman–Crippen MR) is 288 cm³/mol. The molecule has 0 amide bonds. The van der Waals surface area contributed by atoms with Gasteiger partial charge in [0.1, 0.15) is 13.2 Å². The molecule has 67 heavy (non-hydrogen) atoms. The third-order valence-electron chi connectivity index (χ3n) is 11.3. The van der Waals surface area contributed by atoms with E-state index in [1.807, 2.05) is 6.08 Å². The summed E-state index contributed by atoms with van der Waals surface area (Å²) in [5, 5.41) is 0. The van der Waals surface area contributed by atoms with E-state index in [0.29, 0.717) is 12.8 Å². The summed E-state index contributed by atoms with van der Waals surface area (Å²) in [5.41, 5.74) is 0. The largest absolute Gasteiger partial charge is 0.462 e. The van der Waals surface area contributed by atoms with Crippen molar-refractivity contribution < 1.29 is 28.6 Å². The first-order valence-corrected chi connectivity index (χ1v) is 27.4. The van der Waals surface area contributed by atoms with Gasteiger partial charge in [0.25, 0.3) is 0 Å². The van der Waals surface area contributed by atoms with Gasteiger partial charge < -0.3 is 14.2 Å². The van der Waals surface area contributed by atoms with Gasteiger partial charge in [0.05, 0.1) is 0 Å². The van der Waals surface area contributed by atoms with Crippen LogP contribution >= 0.6 is 0 Å². The number of esters is 3. The Balaban J connectivity index is 4.55. The lowest BCUT2D eigenvalue weighted by Gasteiger charge is -2.18. The molecule has 0 aliphatic heterocycles. The SMILES string of the molecule is CC/C=C\C/C=C\C/C=C\C/C=C\CCCCCCC(=O)O[C@H](COC(=O)CC/C=C\C/C=C\C/C=C\C/C=C\C/C=C\CCCCC)COC(=O)CCCCCCCCCCCCCCC. The molecule has 6 heteroatoms. The zero-order valence-corrected chi connectivity index (χ0v) is 43.4. The fraction of sp³-hybridized carbons (Fsp3) is 0.656. The molecule has 0 saturated heterocycles. The molecule has 0 N–H and O–H groups in total. The summed E-state index contributed by atoms with van der Waals surface area (Å²) < 4.78 is 16.7. The molecular weight excluding hydrogens is 829 g/mol. The van der Waals surface area contributed by atoms with E-state index in [1.165, 1.54) is 89.9 Å².